The molecular formula is C20H27FN6O2. The maximum absolute atomic E-state index is 12.9. The van der Waals surface area contributed by atoms with Crippen molar-refractivity contribution in [3.05, 3.63) is 53.6 Å². The number of carbonyl (C=O) groups excluding carboxylic acids is 1. The van der Waals surface area contributed by atoms with E-state index in [-0.39, 0.29) is 24.2 Å². The number of halogens is 1. The van der Waals surface area contributed by atoms with Crippen molar-refractivity contribution < 1.29 is 13.9 Å². The van der Waals surface area contributed by atoms with Crippen LogP contribution < -0.4 is 10.6 Å². The van der Waals surface area contributed by atoms with E-state index in [0.717, 1.165) is 23.6 Å². The van der Waals surface area contributed by atoms with E-state index in [1.54, 1.807) is 23.9 Å². The number of aromatic nitrogens is 2. The number of nitrogens with one attached hydrogen (secondary N) is 2. The van der Waals surface area contributed by atoms with Crippen LogP contribution in [0.2, 0.25) is 0 Å². The van der Waals surface area contributed by atoms with Crippen molar-refractivity contribution in [2.45, 2.75) is 12.5 Å². The Balaban J connectivity index is 1.41. The van der Waals surface area contributed by atoms with Crippen molar-refractivity contribution >= 4 is 11.9 Å². The number of hydrogen-bond acceptors (Lipinski definition) is 4. The first-order chi connectivity index (χ1) is 14.0. The summed E-state index contributed by atoms with van der Waals surface area (Å²) >= 11 is 0. The molecule has 3 rings (SSSR count). The quantitative estimate of drug-likeness (QED) is 0.426. The second kappa shape index (κ2) is 10.0. The van der Waals surface area contributed by atoms with Crippen molar-refractivity contribution in [1.82, 2.24) is 25.3 Å². The molecule has 1 saturated heterocycles. The number of morpholine rings is 1. The van der Waals surface area contributed by atoms with E-state index in [4.69, 9.17) is 4.74 Å². The Hall–Kier alpha value is -2.94. The Morgan fingerprint density at radius 3 is 2.76 bits per heavy atom. The summed E-state index contributed by atoms with van der Waals surface area (Å²) in [5.41, 5.74) is 1.82. The van der Waals surface area contributed by atoms with Crippen molar-refractivity contribution in [2.75, 3.05) is 39.8 Å². The molecule has 1 aliphatic rings. The first kappa shape index (κ1) is 20.8. The van der Waals surface area contributed by atoms with Crippen molar-refractivity contribution in [1.29, 1.82) is 0 Å². The maximum atomic E-state index is 12.9. The number of aliphatic imine (C=N–C) groups is 1. The number of nitrogens with zero attached hydrogens (tertiary/aromatic N) is 4. The first-order valence-corrected chi connectivity index (χ1v) is 9.62. The van der Waals surface area contributed by atoms with Gasteiger partial charge in [0.05, 0.1) is 25.8 Å². The molecule has 1 unspecified atom stereocenters. The van der Waals surface area contributed by atoms with Crippen LogP contribution in [-0.4, -0.2) is 66.4 Å². The van der Waals surface area contributed by atoms with Gasteiger partial charge in [-0.05, 0) is 17.7 Å². The summed E-state index contributed by atoms with van der Waals surface area (Å²) < 4.78 is 20.5. The fourth-order valence-corrected chi connectivity index (χ4v) is 3.21. The van der Waals surface area contributed by atoms with Crippen LogP contribution in [0.5, 0.6) is 0 Å². The molecule has 1 fully saturated rings. The molecule has 0 bridgehead atoms. The summed E-state index contributed by atoms with van der Waals surface area (Å²) in [5.74, 6) is 0.366. The number of carbonyl (C=O) groups is 1. The van der Waals surface area contributed by atoms with E-state index >= 15 is 0 Å². The van der Waals surface area contributed by atoms with Crippen LogP contribution in [0.3, 0.4) is 0 Å². The van der Waals surface area contributed by atoms with Crippen LogP contribution in [0, 0.1) is 5.82 Å². The molecule has 2 heterocycles. The maximum Gasteiger partial charge on any atom is 0.224 e. The second-order valence-electron chi connectivity index (χ2n) is 6.88. The van der Waals surface area contributed by atoms with Crippen LogP contribution in [0.15, 0.2) is 41.7 Å². The van der Waals surface area contributed by atoms with Gasteiger partial charge in [-0.1, -0.05) is 12.1 Å². The monoisotopic (exact) mass is 402 g/mol. The zero-order valence-electron chi connectivity index (χ0n) is 16.8. The Morgan fingerprint density at radius 2 is 2.07 bits per heavy atom. The van der Waals surface area contributed by atoms with Crippen molar-refractivity contribution in [3.8, 4) is 0 Å². The second-order valence-corrected chi connectivity index (χ2v) is 6.88. The Labute approximate surface area is 169 Å². The van der Waals surface area contributed by atoms with Gasteiger partial charge in [0.1, 0.15) is 11.9 Å². The van der Waals surface area contributed by atoms with Gasteiger partial charge in [-0.3, -0.25) is 14.5 Å². The standard InChI is InChI=1S/C20H27FN6O2/c1-22-20(27-9-10-29-18(14-27)16-12-25-26(2)13-16)24-8-7-23-19(28)11-15-3-5-17(21)6-4-15/h3-6,12-13,18H,7-11,14H2,1-2H3,(H,22,24)(H,23,28). The predicted molar refractivity (Wildman–Crippen MR) is 108 cm³/mol. The van der Waals surface area contributed by atoms with Gasteiger partial charge >= 0.3 is 0 Å². The molecule has 1 aromatic heterocycles. The summed E-state index contributed by atoms with van der Waals surface area (Å²) in [4.78, 5) is 18.5. The minimum atomic E-state index is -0.307. The number of aryl methyl sites for hydroxylation is 1. The van der Waals surface area contributed by atoms with Crippen LogP contribution in [0.1, 0.15) is 17.2 Å². The molecule has 156 valence electrons. The molecule has 9 heteroatoms. The Kier molecular flexibility index (Phi) is 7.18. The molecule has 1 atom stereocenters. The summed E-state index contributed by atoms with van der Waals surface area (Å²) in [6.07, 6.45) is 3.96. The third kappa shape index (κ3) is 6.02. The average molecular weight is 402 g/mol. The highest BCUT2D eigenvalue weighted by Crippen LogP contribution is 2.21. The number of ether oxygens (including phenoxy) is 1. The molecular weight excluding hydrogens is 375 g/mol. The molecule has 2 aromatic rings. The Morgan fingerprint density at radius 1 is 1.31 bits per heavy atom. The van der Waals surface area contributed by atoms with Crippen LogP contribution in [0.4, 0.5) is 4.39 Å². The highest BCUT2D eigenvalue weighted by molar-refractivity contribution is 5.80. The third-order valence-corrected chi connectivity index (χ3v) is 4.68. The van der Waals surface area contributed by atoms with Crippen LogP contribution in [0.25, 0.3) is 0 Å². The number of amides is 1. The lowest BCUT2D eigenvalue weighted by Crippen LogP contribution is -2.49. The van der Waals surface area contributed by atoms with Crippen LogP contribution >= 0.6 is 0 Å². The van der Waals surface area contributed by atoms with Gasteiger partial charge in [-0.2, -0.15) is 5.10 Å². The number of hydrogen-bond donors (Lipinski definition) is 2. The minimum Gasteiger partial charge on any atom is -0.370 e. The summed E-state index contributed by atoms with van der Waals surface area (Å²) in [5, 5.41) is 10.3. The fraction of sp³-hybridized carbons (Fsp3) is 0.450. The smallest absolute Gasteiger partial charge is 0.224 e. The zero-order valence-corrected chi connectivity index (χ0v) is 16.8. The van der Waals surface area contributed by atoms with E-state index < -0.39 is 0 Å². The average Bonchev–Trinajstić information content (AvgIpc) is 3.16. The van der Waals surface area contributed by atoms with E-state index in [2.05, 4.69) is 25.6 Å². The topological polar surface area (TPSA) is 83.8 Å². The lowest BCUT2D eigenvalue weighted by atomic mass is 10.1. The lowest BCUT2D eigenvalue weighted by Gasteiger charge is -2.34. The van der Waals surface area contributed by atoms with Gasteiger partial charge in [0.25, 0.3) is 0 Å². The first-order valence-electron chi connectivity index (χ1n) is 9.62. The zero-order chi connectivity index (χ0) is 20.6. The molecule has 0 aliphatic carbocycles. The molecule has 0 radical (unpaired) electrons. The molecule has 1 amide bonds. The number of benzene rings is 1. The van der Waals surface area contributed by atoms with Crippen LogP contribution in [-0.2, 0) is 23.0 Å². The molecule has 1 aromatic carbocycles. The van der Waals surface area contributed by atoms with Crippen molar-refractivity contribution in [3.63, 3.8) is 0 Å². The molecule has 0 saturated carbocycles. The molecule has 29 heavy (non-hydrogen) atoms. The molecule has 0 spiro atoms. The normalized spacial score (nSPS) is 17.3. The van der Waals surface area contributed by atoms with Gasteiger partial charge in [0.2, 0.25) is 5.91 Å². The Bertz CT molecular complexity index is 836. The van der Waals surface area contributed by atoms with Gasteiger partial charge < -0.3 is 20.3 Å². The SMILES string of the molecule is CN=C(NCCNC(=O)Cc1ccc(F)cc1)N1CCOC(c2cnn(C)c2)C1. The number of rotatable bonds is 6. The number of guanidine groups is 1. The minimum absolute atomic E-state index is 0.0496. The highest BCUT2D eigenvalue weighted by Gasteiger charge is 2.25. The summed E-state index contributed by atoms with van der Waals surface area (Å²) in [7, 11) is 3.62. The molecule has 2 N–H and O–H groups in total. The van der Waals surface area contributed by atoms with Crippen molar-refractivity contribution in [2.24, 2.45) is 12.0 Å². The van der Waals surface area contributed by atoms with Gasteiger partial charge in [-0.25, -0.2) is 4.39 Å². The van der Waals surface area contributed by atoms with Gasteiger partial charge in [0, 0.05) is 45.5 Å². The van der Waals surface area contributed by atoms with E-state index in [9.17, 15) is 9.18 Å². The molecule has 1 aliphatic heterocycles. The summed E-state index contributed by atoms with van der Waals surface area (Å²) in [6, 6.07) is 5.95. The predicted octanol–water partition coefficient (Wildman–Crippen LogP) is 0.867. The fourth-order valence-electron chi connectivity index (χ4n) is 3.21. The summed E-state index contributed by atoms with van der Waals surface area (Å²) in [6.45, 7) is 3.05. The van der Waals surface area contributed by atoms with Gasteiger partial charge in [0.15, 0.2) is 5.96 Å². The largest absolute Gasteiger partial charge is 0.370 e. The van der Waals surface area contributed by atoms with E-state index in [0.29, 0.717) is 26.2 Å². The molecule has 8 nitrogen and oxygen atoms in total. The van der Waals surface area contributed by atoms with Gasteiger partial charge in [-0.15, -0.1) is 0 Å². The lowest BCUT2D eigenvalue weighted by molar-refractivity contribution is -0.120. The third-order valence-electron chi connectivity index (χ3n) is 4.68. The highest BCUT2D eigenvalue weighted by atomic mass is 19.1. The van der Waals surface area contributed by atoms with E-state index in [1.165, 1.54) is 12.1 Å². The van der Waals surface area contributed by atoms with E-state index in [1.807, 2.05) is 19.4 Å².